The monoisotopic (exact) mass is 281 g/mol. The molecule has 0 aliphatic heterocycles. The van der Waals surface area contributed by atoms with Crippen molar-refractivity contribution in [3.05, 3.63) is 47.3 Å². The molecule has 0 spiro atoms. The molecule has 20 heavy (non-hydrogen) atoms. The summed E-state index contributed by atoms with van der Waals surface area (Å²) >= 11 is 0. The summed E-state index contributed by atoms with van der Waals surface area (Å²) in [6, 6.07) is 3.63. The lowest BCUT2D eigenvalue weighted by Gasteiger charge is -2.01. The molecule has 1 aromatic heterocycles. The normalized spacial score (nSPS) is 10.6. The van der Waals surface area contributed by atoms with Crippen molar-refractivity contribution in [1.29, 1.82) is 0 Å². The molecular formula is C12H13F2N5O. The van der Waals surface area contributed by atoms with Gasteiger partial charge in [-0.25, -0.2) is 13.5 Å². The van der Waals surface area contributed by atoms with Gasteiger partial charge >= 0.3 is 0 Å². The van der Waals surface area contributed by atoms with Crippen molar-refractivity contribution >= 4 is 5.91 Å². The van der Waals surface area contributed by atoms with E-state index in [1.54, 1.807) is 6.20 Å². The molecule has 8 heteroatoms. The number of hydrogen-bond donors (Lipinski definition) is 2. The van der Waals surface area contributed by atoms with Crippen LogP contribution in [0.15, 0.2) is 24.4 Å². The minimum atomic E-state index is -0.905. The van der Waals surface area contributed by atoms with Crippen molar-refractivity contribution in [2.75, 3.05) is 6.54 Å². The second-order valence-corrected chi connectivity index (χ2v) is 4.14. The van der Waals surface area contributed by atoms with Crippen LogP contribution >= 0.6 is 0 Å². The summed E-state index contributed by atoms with van der Waals surface area (Å²) < 4.78 is 27.3. The van der Waals surface area contributed by atoms with Gasteiger partial charge in [0.05, 0.1) is 25.8 Å². The van der Waals surface area contributed by atoms with Crippen molar-refractivity contribution < 1.29 is 13.6 Å². The Labute approximate surface area is 113 Å². The SMILES string of the molecule is NCC(=O)NCc1cn(Cc2ccc(F)c(F)c2)nn1. The highest BCUT2D eigenvalue weighted by molar-refractivity contribution is 5.77. The number of carbonyl (C=O) groups is 1. The van der Waals surface area contributed by atoms with Gasteiger partial charge in [-0.3, -0.25) is 4.79 Å². The maximum absolute atomic E-state index is 13.1. The Morgan fingerprint density at radius 1 is 1.35 bits per heavy atom. The van der Waals surface area contributed by atoms with E-state index >= 15 is 0 Å². The maximum atomic E-state index is 13.1. The van der Waals surface area contributed by atoms with E-state index in [0.717, 1.165) is 12.1 Å². The van der Waals surface area contributed by atoms with Gasteiger partial charge in [-0.05, 0) is 17.7 Å². The molecule has 1 heterocycles. The third-order valence-corrected chi connectivity index (χ3v) is 2.57. The van der Waals surface area contributed by atoms with Gasteiger partial charge in [0.2, 0.25) is 5.91 Å². The third-order valence-electron chi connectivity index (χ3n) is 2.57. The van der Waals surface area contributed by atoms with Crippen molar-refractivity contribution in [2.24, 2.45) is 5.73 Å². The van der Waals surface area contributed by atoms with Crippen LogP contribution in [0.2, 0.25) is 0 Å². The van der Waals surface area contributed by atoms with E-state index in [-0.39, 0.29) is 25.5 Å². The van der Waals surface area contributed by atoms with Crippen LogP contribution in [-0.4, -0.2) is 27.4 Å². The lowest BCUT2D eigenvalue weighted by atomic mass is 10.2. The molecule has 0 fully saturated rings. The highest BCUT2D eigenvalue weighted by Crippen LogP contribution is 2.09. The first-order chi connectivity index (χ1) is 9.58. The molecule has 3 N–H and O–H groups in total. The molecular weight excluding hydrogens is 268 g/mol. The van der Waals surface area contributed by atoms with E-state index < -0.39 is 11.6 Å². The molecule has 0 aliphatic rings. The van der Waals surface area contributed by atoms with Gasteiger partial charge in [0.1, 0.15) is 5.69 Å². The Bertz CT molecular complexity index is 614. The zero-order valence-electron chi connectivity index (χ0n) is 10.5. The molecule has 1 aromatic carbocycles. The number of aromatic nitrogens is 3. The van der Waals surface area contributed by atoms with Crippen LogP contribution in [0.3, 0.4) is 0 Å². The number of carbonyl (C=O) groups excluding carboxylic acids is 1. The van der Waals surface area contributed by atoms with Crippen LogP contribution in [0, 0.1) is 11.6 Å². The predicted molar refractivity (Wildman–Crippen MR) is 66.4 cm³/mol. The first-order valence-electron chi connectivity index (χ1n) is 5.88. The number of hydrogen-bond acceptors (Lipinski definition) is 4. The molecule has 6 nitrogen and oxygen atoms in total. The number of amides is 1. The van der Waals surface area contributed by atoms with E-state index in [2.05, 4.69) is 15.6 Å². The standard InChI is InChI=1S/C12H13F2N5O/c13-10-2-1-8(3-11(10)14)6-19-7-9(17-18-19)5-16-12(20)4-15/h1-3,7H,4-6,15H2,(H,16,20). The number of nitrogens with zero attached hydrogens (tertiary/aromatic N) is 3. The Kier molecular flexibility index (Phi) is 4.36. The lowest BCUT2D eigenvalue weighted by molar-refractivity contribution is -0.119. The van der Waals surface area contributed by atoms with E-state index in [0.29, 0.717) is 11.3 Å². The second-order valence-electron chi connectivity index (χ2n) is 4.14. The quantitative estimate of drug-likeness (QED) is 0.818. The topological polar surface area (TPSA) is 85.8 Å². The maximum Gasteiger partial charge on any atom is 0.234 e. The highest BCUT2D eigenvalue weighted by atomic mass is 19.2. The molecule has 2 rings (SSSR count). The minimum Gasteiger partial charge on any atom is -0.349 e. The third kappa shape index (κ3) is 3.58. The summed E-state index contributed by atoms with van der Waals surface area (Å²) in [6.07, 6.45) is 1.61. The molecule has 106 valence electrons. The van der Waals surface area contributed by atoms with Crippen molar-refractivity contribution in [2.45, 2.75) is 13.1 Å². The zero-order valence-corrected chi connectivity index (χ0v) is 10.5. The van der Waals surface area contributed by atoms with Crippen molar-refractivity contribution in [3.63, 3.8) is 0 Å². The number of nitrogens with one attached hydrogen (secondary N) is 1. The fourth-order valence-corrected chi connectivity index (χ4v) is 1.58. The van der Waals surface area contributed by atoms with Gasteiger partial charge in [-0.2, -0.15) is 0 Å². The Morgan fingerprint density at radius 3 is 2.85 bits per heavy atom. The van der Waals surface area contributed by atoms with Gasteiger partial charge in [0, 0.05) is 0 Å². The fourth-order valence-electron chi connectivity index (χ4n) is 1.58. The fraction of sp³-hybridized carbons (Fsp3) is 0.250. The Balaban J connectivity index is 1.98. The largest absolute Gasteiger partial charge is 0.349 e. The molecule has 1 amide bonds. The predicted octanol–water partition coefficient (Wildman–Crippen LogP) is 0.179. The van der Waals surface area contributed by atoms with Gasteiger partial charge in [0.25, 0.3) is 0 Å². The van der Waals surface area contributed by atoms with Crippen LogP contribution in [0.1, 0.15) is 11.3 Å². The van der Waals surface area contributed by atoms with Crippen LogP contribution in [-0.2, 0) is 17.9 Å². The van der Waals surface area contributed by atoms with Crippen molar-refractivity contribution in [1.82, 2.24) is 20.3 Å². The molecule has 0 unspecified atom stereocenters. The number of benzene rings is 1. The summed E-state index contributed by atoms with van der Waals surface area (Å²) in [5, 5.41) is 10.2. The first kappa shape index (κ1) is 14.1. The molecule has 0 radical (unpaired) electrons. The Hall–Kier alpha value is -2.35. The summed E-state index contributed by atoms with van der Waals surface area (Å²) in [6.45, 7) is 0.381. The smallest absolute Gasteiger partial charge is 0.234 e. The van der Waals surface area contributed by atoms with Gasteiger partial charge in [0.15, 0.2) is 11.6 Å². The molecule has 0 aliphatic carbocycles. The molecule has 0 saturated heterocycles. The van der Waals surface area contributed by atoms with E-state index in [4.69, 9.17) is 5.73 Å². The van der Waals surface area contributed by atoms with Gasteiger partial charge < -0.3 is 11.1 Å². The summed E-state index contributed by atoms with van der Waals surface area (Å²) in [7, 11) is 0. The number of halogens is 2. The van der Waals surface area contributed by atoms with Crippen LogP contribution in [0.5, 0.6) is 0 Å². The Morgan fingerprint density at radius 2 is 2.15 bits per heavy atom. The van der Waals surface area contributed by atoms with E-state index in [9.17, 15) is 13.6 Å². The molecule has 0 atom stereocenters. The number of nitrogens with two attached hydrogens (primary N) is 1. The van der Waals surface area contributed by atoms with Gasteiger partial charge in [-0.15, -0.1) is 5.10 Å². The molecule has 0 saturated carbocycles. The number of rotatable bonds is 5. The van der Waals surface area contributed by atoms with E-state index in [1.807, 2.05) is 0 Å². The first-order valence-corrected chi connectivity index (χ1v) is 5.88. The second kappa shape index (κ2) is 6.20. The lowest BCUT2D eigenvalue weighted by Crippen LogP contribution is -2.29. The molecule has 0 bridgehead atoms. The van der Waals surface area contributed by atoms with Crippen LogP contribution in [0.25, 0.3) is 0 Å². The van der Waals surface area contributed by atoms with Crippen LogP contribution in [0.4, 0.5) is 8.78 Å². The highest BCUT2D eigenvalue weighted by Gasteiger charge is 2.06. The summed E-state index contributed by atoms with van der Waals surface area (Å²) in [5.74, 6) is -2.09. The average molecular weight is 281 g/mol. The minimum absolute atomic E-state index is 0.0943. The molecule has 2 aromatic rings. The average Bonchev–Trinajstić information content (AvgIpc) is 2.88. The van der Waals surface area contributed by atoms with Crippen LogP contribution < -0.4 is 11.1 Å². The summed E-state index contributed by atoms with van der Waals surface area (Å²) in [5.41, 5.74) is 6.26. The summed E-state index contributed by atoms with van der Waals surface area (Å²) in [4.78, 5) is 11.0. The van der Waals surface area contributed by atoms with E-state index in [1.165, 1.54) is 10.7 Å². The van der Waals surface area contributed by atoms with Gasteiger partial charge in [-0.1, -0.05) is 11.3 Å². The zero-order chi connectivity index (χ0) is 14.5. The van der Waals surface area contributed by atoms with Crippen molar-refractivity contribution in [3.8, 4) is 0 Å².